The topological polar surface area (TPSA) is 39.1 Å². The molecule has 0 amide bonds. The van der Waals surface area contributed by atoms with Crippen LogP contribution in [0.1, 0.15) is 19.5 Å². The maximum Gasteiger partial charge on any atom is 0.0949 e. The molecule has 1 aliphatic rings. The molecule has 1 saturated heterocycles. The molecule has 1 fully saturated rings. The van der Waals surface area contributed by atoms with E-state index < -0.39 is 0 Å². The summed E-state index contributed by atoms with van der Waals surface area (Å²) in [6.45, 7) is 8.11. The van der Waals surface area contributed by atoms with E-state index in [4.69, 9.17) is 4.74 Å². The van der Waals surface area contributed by atoms with Gasteiger partial charge in [0.25, 0.3) is 0 Å². The summed E-state index contributed by atoms with van der Waals surface area (Å²) in [4.78, 5) is 4.23. The minimum atomic E-state index is 0.286. The molecule has 0 radical (unpaired) electrons. The first-order chi connectivity index (χ1) is 7.75. The maximum absolute atomic E-state index is 5.70. The van der Waals surface area contributed by atoms with Crippen molar-refractivity contribution in [3.05, 3.63) is 18.2 Å². The highest BCUT2D eigenvalue weighted by Gasteiger charge is 2.15. The van der Waals surface area contributed by atoms with E-state index in [1.807, 2.05) is 12.5 Å². The summed E-state index contributed by atoms with van der Waals surface area (Å²) in [5.41, 5.74) is 1.31. The van der Waals surface area contributed by atoms with E-state index in [0.29, 0.717) is 5.92 Å². The summed E-state index contributed by atoms with van der Waals surface area (Å²) in [6, 6.07) is 0. The van der Waals surface area contributed by atoms with E-state index in [1.165, 1.54) is 5.69 Å². The van der Waals surface area contributed by atoms with Crippen LogP contribution < -0.4 is 5.32 Å². The first kappa shape index (κ1) is 11.6. The van der Waals surface area contributed by atoms with Crippen molar-refractivity contribution in [2.24, 2.45) is 5.92 Å². The van der Waals surface area contributed by atoms with E-state index in [2.05, 4.69) is 28.7 Å². The summed E-state index contributed by atoms with van der Waals surface area (Å²) >= 11 is 0. The van der Waals surface area contributed by atoms with Crippen LogP contribution in [-0.4, -0.2) is 35.4 Å². The lowest BCUT2D eigenvalue weighted by Crippen LogP contribution is -2.40. The third-order valence-electron chi connectivity index (χ3n) is 2.82. The van der Waals surface area contributed by atoms with Crippen LogP contribution in [0.4, 0.5) is 0 Å². The van der Waals surface area contributed by atoms with Gasteiger partial charge in [-0.15, -0.1) is 0 Å². The van der Waals surface area contributed by atoms with Crippen LogP contribution in [0.15, 0.2) is 12.5 Å². The fourth-order valence-corrected chi connectivity index (χ4v) is 2.06. The number of hydrogen-bond donors (Lipinski definition) is 1. The number of hydrogen-bond acceptors (Lipinski definition) is 3. The third-order valence-corrected chi connectivity index (χ3v) is 2.82. The highest BCUT2D eigenvalue weighted by Crippen LogP contribution is 2.09. The fraction of sp³-hybridized carbons (Fsp3) is 0.750. The number of nitrogens with one attached hydrogen (secondary N) is 1. The number of imidazole rings is 1. The maximum atomic E-state index is 5.70. The van der Waals surface area contributed by atoms with Gasteiger partial charge < -0.3 is 14.6 Å². The highest BCUT2D eigenvalue weighted by atomic mass is 16.5. The smallest absolute Gasteiger partial charge is 0.0949 e. The molecule has 0 saturated carbocycles. The Balaban J connectivity index is 1.94. The molecule has 1 aromatic rings. The van der Waals surface area contributed by atoms with Crippen LogP contribution in [0.3, 0.4) is 0 Å². The van der Waals surface area contributed by atoms with Crippen LogP contribution in [0.25, 0.3) is 0 Å². The number of morpholine rings is 1. The van der Waals surface area contributed by atoms with Crippen LogP contribution in [0, 0.1) is 5.92 Å². The molecular weight excluding hydrogens is 202 g/mol. The Morgan fingerprint density at radius 3 is 3.19 bits per heavy atom. The van der Waals surface area contributed by atoms with E-state index >= 15 is 0 Å². The molecule has 90 valence electrons. The normalized spacial score (nSPS) is 21.6. The van der Waals surface area contributed by atoms with Gasteiger partial charge in [-0.05, 0) is 12.3 Å². The minimum absolute atomic E-state index is 0.286. The molecule has 0 aromatic carbocycles. The Morgan fingerprint density at radius 2 is 2.50 bits per heavy atom. The second-order valence-electron chi connectivity index (χ2n) is 4.83. The van der Waals surface area contributed by atoms with Crippen molar-refractivity contribution in [1.82, 2.24) is 14.9 Å². The summed E-state index contributed by atoms with van der Waals surface area (Å²) in [5, 5.41) is 3.35. The van der Waals surface area contributed by atoms with Gasteiger partial charge in [-0.25, -0.2) is 4.98 Å². The molecule has 1 aliphatic heterocycles. The second-order valence-corrected chi connectivity index (χ2v) is 4.83. The van der Waals surface area contributed by atoms with Crippen LogP contribution in [-0.2, 0) is 17.7 Å². The van der Waals surface area contributed by atoms with Crippen molar-refractivity contribution in [1.29, 1.82) is 0 Å². The van der Waals surface area contributed by atoms with E-state index in [1.54, 1.807) is 0 Å². The Morgan fingerprint density at radius 1 is 1.62 bits per heavy atom. The average molecular weight is 223 g/mol. The highest BCUT2D eigenvalue weighted by molar-refractivity contribution is 4.99. The Kier molecular flexibility index (Phi) is 3.96. The standard InChI is InChI=1S/C12H21N3O/c1-10(2)5-11-6-14-9-15(11)8-12-7-13-3-4-16-12/h6,9-10,12-13H,3-5,7-8H2,1-2H3. The van der Waals surface area contributed by atoms with Gasteiger partial charge in [-0.1, -0.05) is 13.8 Å². The van der Waals surface area contributed by atoms with Crippen molar-refractivity contribution >= 4 is 0 Å². The largest absolute Gasteiger partial charge is 0.374 e. The zero-order chi connectivity index (χ0) is 11.4. The molecule has 0 aliphatic carbocycles. The van der Waals surface area contributed by atoms with Gasteiger partial charge in [0.15, 0.2) is 0 Å². The fourth-order valence-electron chi connectivity index (χ4n) is 2.06. The average Bonchev–Trinajstić information content (AvgIpc) is 2.66. The molecule has 4 nitrogen and oxygen atoms in total. The van der Waals surface area contributed by atoms with Crippen molar-refractivity contribution in [3.63, 3.8) is 0 Å². The van der Waals surface area contributed by atoms with E-state index in [0.717, 1.165) is 32.7 Å². The molecule has 1 N–H and O–H groups in total. The van der Waals surface area contributed by atoms with Gasteiger partial charge in [-0.3, -0.25) is 0 Å². The van der Waals surface area contributed by atoms with Crippen LogP contribution >= 0.6 is 0 Å². The SMILES string of the molecule is CC(C)Cc1cncn1CC1CNCCO1. The van der Waals surface area contributed by atoms with Crippen molar-refractivity contribution in [2.45, 2.75) is 32.9 Å². The summed E-state index contributed by atoms with van der Waals surface area (Å²) in [6.07, 6.45) is 5.25. The van der Waals surface area contributed by atoms with Crippen LogP contribution in [0.2, 0.25) is 0 Å². The molecule has 16 heavy (non-hydrogen) atoms. The Labute approximate surface area is 97.0 Å². The second kappa shape index (κ2) is 5.46. The van der Waals surface area contributed by atoms with Crippen LogP contribution in [0.5, 0.6) is 0 Å². The summed E-state index contributed by atoms with van der Waals surface area (Å²) in [7, 11) is 0. The van der Waals surface area contributed by atoms with Gasteiger partial charge in [0.1, 0.15) is 0 Å². The number of aromatic nitrogens is 2. The molecule has 2 heterocycles. The predicted molar refractivity (Wildman–Crippen MR) is 63.4 cm³/mol. The molecule has 1 aromatic heterocycles. The summed E-state index contributed by atoms with van der Waals surface area (Å²) < 4.78 is 7.92. The Bertz CT molecular complexity index is 316. The lowest BCUT2D eigenvalue weighted by atomic mass is 10.1. The van der Waals surface area contributed by atoms with E-state index in [-0.39, 0.29) is 6.10 Å². The monoisotopic (exact) mass is 223 g/mol. The molecular formula is C12H21N3O. The predicted octanol–water partition coefficient (Wildman–Crippen LogP) is 1.07. The molecule has 2 rings (SSSR count). The molecule has 4 heteroatoms. The first-order valence-corrected chi connectivity index (χ1v) is 6.07. The Hall–Kier alpha value is -0.870. The molecule has 0 bridgehead atoms. The number of ether oxygens (including phenoxy) is 1. The third kappa shape index (κ3) is 3.06. The summed E-state index contributed by atoms with van der Waals surface area (Å²) in [5.74, 6) is 0.667. The quantitative estimate of drug-likeness (QED) is 0.830. The molecule has 1 unspecified atom stereocenters. The van der Waals surface area contributed by atoms with Gasteiger partial charge in [0.2, 0.25) is 0 Å². The van der Waals surface area contributed by atoms with Crippen molar-refractivity contribution in [2.75, 3.05) is 19.7 Å². The van der Waals surface area contributed by atoms with Crippen molar-refractivity contribution in [3.8, 4) is 0 Å². The molecule has 1 atom stereocenters. The lowest BCUT2D eigenvalue weighted by Gasteiger charge is -2.24. The minimum Gasteiger partial charge on any atom is -0.374 e. The van der Waals surface area contributed by atoms with Gasteiger partial charge in [-0.2, -0.15) is 0 Å². The molecule has 0 spiro atoms. The first-order valence-electron chi connectivity index (χ1n) is 6.07. The van der Waals surface area contributed by atoms with Gasteiger partial charge >= 0.3 is 0 Å². The van der Waals surface area contributed by atoms with Gasteiger partial charge in [0.05, 0.1) is 25.6 Å². The number of rotatable bonds is 4. The number of nitrogens with zero attached hydrogens (tertiary/aromatic N) is 2. The van der Waals surface area contributed by atoms with Crippen molar-refractivity contribution < 1.29 is 4.74 Å². The zero-order valence-corrected chi connectivity index (χ0v) is 10.1. The van der Waals surface area contributed by atoms with Gasteiger partial charge in [0, 0.05) is 25.0 Å². The zero-order valence-electron chi connectivity index (χ0n) is 10.1. The van der Waals surface area contributed by atoms with E-state index in [9.17, 15) is 0 Å². The lowest BCUT2D eigenvalue weighted by molar-refractivity contribution is 0.0177.